The molecule has 2 bridgehead atoms. The number of benzene rings is 2. The summed E-state index contributed by atoms with van der Waals surface area (Å²) in [5.41, 5.74) is 0.204. The Morgan fingerprint density at radius 1 is 0.933 bits per heavy atom. The maximum Gasteiger partial charge on any atom is 0.346 e. The Bertz CT molecular complexity index is 1110. The predicted octanol–water partition coefficient (Wildman–Crippen LogP) is 3.60. The number of anilines is 1. The summed E-state index contributed by atoms with van der Waals surface area (Å²) in [6.07, 6.45) is 5.36. The molecule has 4 aliphatic carbocycles. The van der Waals surface area contributed by atoms with Crippen LogP contribution < -0.4 is 9.64 Å². The van der Waals surface area contributed by atoms with Gasteiger partial charge < -0.3 is 4.74 Å². The van der Waals surface area contributed by atoms with Crippen molar-refractivity contribution in [3.05, 3.63) is 72.1 Å². The summed E-state index contributed by atoms with van der Waals surface area (Å²) in [6.45, 7) is 0. The number of hydrogen-bond donors (Lipinski definition) is 0. The molecule has 3 fully saturated rings. The van der Waals surface area contributed by atoms with E-state index in [0.717, 1.165) is 6.42 Å². The summed E-state index contributed by atoms with van der Waals surface area (Å²) in [5, 5.41) is 0. The van der Waals surface area contributed by atoms with Crippen molar-refractivity contribution in [1.82, 2.24) is 0 Å². The summed E-state index contributed by atoms with van der Waals surface area (Å²) < 4.78 is 19.2. The van der Waals surface area contributed by atoms with Crippen LogP contribution in [0.5, 0.6) is 5.75 Å². The molecule has 5 nitrogen and oxygen atoms in total. The number of halogens is 1. The molecular formula is C24H18FNO4. The van der Waals surface area contributed by atoms with E-state index in [0.29, 0.717) is 17.5 Å². The van der Waals surface area contributed by atoms with Crippen LogP contribution in [0.4, 0.5) is 10.1 Å². The Morgan fingerprint density at radius 3 is 2.27 bits per heavy atom. The number of nitrogens with zero attached hydrogens (tertiary/aromatic N) is 1. The van der Waals surface area contributed by atoms with E-state index in [1.165, 1.54) is 29.2 Å². The number of imide groups is 1. The van der Waals surface area contributed by atoms with Gasteiger partial charge in [0.2, 0.25) is 11.8 Å². The molecule has 1 aliphatic heterocycles. The average Bonchev–Trinajstić information content (AvgIpc) is 3.52. The summed E-state index contributed by atoms with van der Waals surface area (Å²) in [7, 11) is 0. The monoisotopic (exact) mass is 403 g/mol. The minimum atomic E-state index is -0.833. The molecule has 30 heavy (non-hydrogen) atoms. The molecule has 6 heteroatoms. The third-order valence-corrected chi connectivity index (χ3v) is 7.04. The van der Waals surface area contributed by atoms with E-state index in [-0.39, 0.29) is 46.8 Å². The van der Waals surface area contributed by atoms with E-state index in [2.05, 4.69) is 12.2 Å². The van der Waals surface area contributed by atoms with Gasteiger partial charge in [0.25, 0.3) is 0 Å². The number of hydrogen-bond acceptors (Lipinski definition) is 4. The van der Waals surface area contributed by atoms with Crippen molar-refractivity contribution < 1.29 is 23.5 Å². The van der Waals surface area contributed by atoms with Crippen LogP contribution in [0.15, 0.2) is 60.7 Å². The van der Waals surface area contributed by atoms with Crippen LogP contribution in [0.25, 0.3) is 0 Å². The molecule has 2 amide bonds. The van der Waals surface area contributed by atoms with Crippen molar-refractivity contribution in [2.75, 3.05) is 4.90 Å². The maximum absolute atomic E-state index is 13.9. The minimum absolute atomic E-state index is 0.147. The van der Waals surface area contributed by atoms with Gasteiger partial charge in [-0.3, -0.25) is 9.59 Å². The lowest BCUT2D eigenvalue weighted by atomic mass is 9.63. The standard InChI is InChI=1S/C24H18FNO4/c25-19-7-2-1-6-16(19)24(29)30-13-5-3-4-12(10-13)26-22(27)20-14-8-9-15(18-11-17(14)18)21(20)23(26)28/h1-10,14-15,17-18,20-21H,11H2/t14-,15-,17-,18-,20+,21+/m1/s1. The Hall–Kier alpha value is -3.28. The summed E-state index contributed by atoms with van der Waals surface area (Å²) in [5.74, 6) is -0.921. The fourth-order valence-electron chi connectivity index (χ4n) is 5.69. The first-order valence-electron chi connectivity index (χ1n) is 10.2. The number of esters is 1. The number of rotatable bonds is 3. The summed E-state index contributed by atoms with van der Waals surface area (Å²) in [4.78, 5) is 40.0. The normalized spacial score (nSPS) is 32.8. The SMILES string of the molecule is O=C(Oc1cccc(N2C(=O)[C@H]3[C@@H]4C=C[C@H]([C@H]5C[C@H]45)[C@@H]3C2=O)c1)c1ccccc1F. The molecule has 0 unspecified atom stereocenters. The molecule has 7 rings (SSSR count). The Balaban J connectivity index is 1.29. The molecule has 0 spiro atoms. The molecule has 0 aromatic heterocycles. The largest absolute Gasteiger partial charge is 0.423 e. The minimum Gasteiger partial charge on any atom is -0.423 e. The van der Waals surface area contributed by atoms with E-state index in [1.807, 2.05) is 0 Å². The fourth-order valence-corrected chi connectivity index (χ4v) is 5.69. The summed E-state index contributed by atoms with van der Waals surface area (Å²) in [6, 6.07) is 11.9. The van der Waals surface area contributed by atoms with Crippen molar-refractivity contribution in [1.29, 1.82) is 0 Å². The van der Waals surface area contributed by atoms with Crippen LogP contribution in [0.1, 0.15) is 16.8 Å². The predicted molar refractivity (Wildman–Crippen MR) is 105 cm³/mol. The van der Waals surface area contributed by atoms with Gasteiger partial charge >= 0.3 is 5.97 Å². The molecule has 2 aromatic rings. The third-order valence-electron chi connectivity index (χ3n) is 7.04. The van der Waals surface area contributed by atoms with E-state index in [9.17, 15) is 18.8 Å². The van der Waals surface area contributed by atoms with Crippen LogP contribution in [0.3, 0.4) is 0 Å². The number of ether oxygens (including phenoxy) is 1. The van der Waals surface area contributed by atoms with Gasteiger partial charge in [0.15, 0.2) is 0 Å². The highest BCUT2D eigenvalue weighted by Gasteiger charge is 2.67. The average molecular weight is 403 g/mol. The van der Waals surface area contributed by atoms with Crippen LogP contribution in [0, 0.1) is 41.3 Å². The number of amides is 2. The number of carbonyl (C=O) groups is 3. The molecule has 6 atom stereocenters. The van der Waals surface area contributed by atoms with E-state index in [4.69, 9.17) is 4.74 Å². The Morgan fingerprint density at radius 2 is 1.60 bits per heavy atom. The van der Waals surface area contributed by atoms with Gasteiger partial charge in [0.1, 0.15) is 11.6 Å². The first kappa shape index (κ1) is 17.6. The molecule has 2 saturated carbocycles. The van der Waals surface area contributed by atoms with Crippen molar-refractivity contribution >= 4 is 23.5 Å². The highest BCUT2D eigenvalue weighted by atomic mass is 19.1. The lowest BCUT2D eigenvalue weighted by Gasteiger charge is -2.37. The third kappa shape index (κ3) is 2.36. The number of carbonyl (C=O) groups excluding carboxylic acids is 3. The quantitative estimate of drug-likeness (QED) is 0.340. The topological polar surface area (TPSA) is 63.7 Å². The molecule has 0 radical (unpaired) electrons. The number of allylic oxidation sites excluding steroid dienone is 2. The second-order valence-electron chi connectivity index (χ2n) is 8.53. The van der Waals surface area contributed by atoms with Crippen molar-refractivity contribution in [2.45, 2.75) is 6.42 Å². The first-order chi connectivity index (χ1) is 14.5. The summed E-state index contributed by atoms with van der Waals surface area (Å²) >= 11 is 0. The van der Waals surface area contributed by atoms with E-state index >= 15 is 0 Å². The van der Waals surface area contributed by atoms with Gasteiger partial charge in [0.05, 0.1) is 23.1 Å². The van der Waals surface area contributed by atoms with Gasteiger partial charge in [0, 0.05) is 6.07 Å². The second kappa shape index (κ2) is 6.11. The smallest absolute Gasteiger partial charge is 0.346 e. The zero-order valence-electron chi connectivity index (χ0n) is 15.9. The second-order valence-corrected chi connectivity index (χ2v) is 8.53. The maximum atomic E-state index is 13.9. The van der Waals surface area contributed by atoms with E-state index < -0.39 is 11.8 Å². The molecule has 150 valence electrons. The molecular weight excluding hydrogens is 385 g/mol. The van der Waals surface area contributed by atoms with Crippen LogP contribution in [0.2, 0.25) is 0 Å². The zero-order chi connectivity index (χ0) is 20.6. The van der Waals surface area contributed by atoms with Crippen LogP contribution >= 0.6 is 0 Å². The van der Waals surface area contributed by atoms with Gasteiger partial charge in [-0.1, -0.05) is 30.4 Å². The molecule has 2 aromatic carbocycles. The first-order valence-corrected chi connectivity index (χ1v) is 10.2. The molecule has 5 aliphatic rings. The molecule has 1 saturated heterocycles. The Labute approximate surface area is 172 Å². The van der Waals surface area contributed by atoms with Crippen LogP contribution in [-0.2, 0) is 9.59 Å². The zero-order valence-corrected chi connectivity index (χ0v) is 15.9. The lowest BCUT2D eigenvalue weighted by molar-refractivity contribution is -0.124. The van der Waals surface area contributed by atoms with E-state index in [1.54, 1.807) is 24.3 Å². The van der Waals surface area contributed by atoms with Crippen molar-refractivity contribution in [3.63, 3.8) is 0 Å². The van der Waals surface area contributed by atoms with Gasteiger partial charge in [-0.05, 0) is 54.4 Å². The van der Waals surface area contributed by atoms with Gasteiger partial charge in [-0.15, -0.1) is 0 Å². The van der Waals surface area contributed by atoms with Crippen LogP contribution in [-0.4, -0.2) is 17.8 Å². The van der Waals surface area contributed by atoms with Crippen molar-refractivity contribution in [3.8, 4) is 5.75 Å². The fraction of sp³-hybridized carbons (Fsp3) is 0.292. The molecule has 1 heterocycles. The lowest BCUT2D eigenvalue weighted by Crippen LogP contribution is -2.40. The highest BCUT2D eigenvalue weighted by Crippen LogP contribution is 2.65. The highest BCUT2D eigenvalue weighted by molar-refractivity contribution is 6.22. The van der Waals surface area contributed by atoms with Crippen molar-refractivity contribution in [2.24, 2.45) is 35.5 Å². The Kier molecular flexibility index (Phi) is 3.58. The van der Waals surface area contributed by atoms with Gasteiger partial charge in [-0.2, -0.15) is 0 Å². The van der Waals surface area contributed by atoms with Gasteiger partial charge in [-0.25, -0.2) is 14.1 Å². The molecule has 0 N–H and O–H groups in total.